The molecule has 3 heterocycles. The van der Waals surface area contributed by atoms with Crippen LogP contribution in [0, 0.1) is 6.92 Å². The first kappa shape index (κ1) is 11.7. The number of pyridine rings is 1. The highest BCUT2D eigenvalue weighted by Gasteiger charge is 2.25. The van der Waals surface area contributed by atoms with Gasteiger partial charge in [0.2, 0.25) is 0 Å². The van der Waals surface area contributed by atoms with Crippen molar-refractivity contribution in [2.45, 2.75) is 39.3 Å². The third-order valence-electron chi connectivity index (χ3n) is 3.91. The zero-order valence-electron chi connectivity index (χ0n) is 11.1. The first-order valence-electron chi connectivity index (χ1n) is 6.85. The molecule has 1 fully saturated rings. The molecule has 0 bridgehead atoms. The molecule has 4 nitrogen and oxygen atoms in total. The Bertz CT molecular complexity index is 546. The van der Waals surface area contributed by atoms with E-state index >= 15 is 0 Å². The maximum Gasteiger partial charge on any atom is 0.161 e. The number of imidazole rings is 1. The van der Waals surface area contributed by atoms with Crippen LogP contribution in [0.25, 0.3) is 11.2 Å². The topological polar surface area (TPSA) is 34.0 Å². The lowest BCUT2D eigenvalue weighted by Gasteiger charge is -2.36. The van der Waals surface area contributed by atoms with Gasteiger partial charge in [0.1, 0.15) is 11.3 Å². The highest BCUT2D eigenvalue weighted by Crippen LogP contribution is 2.29. The molecule has 1 atom stereocenters. The average Bonchev–Trinajstić information content (AvgIpc) is 2.74. The van der Waals surface area contributed by atoms with E-state index in [1.807, 2.05) is 18.3 Å². The molecular formula is C14H20N4. The van der Waals surface area contributed by atoms with Crippen LogP contribution in [0.15, 0.2) is 18.3 Å². The molecule has 2 aromatic heterocycles. The summed E-state index contributed by atoms with van der Waals surface area (Å²) in [7, 11) is 0. The van der Waals surface area contributed by atoms with Crippen LogP contribution in [0.5, 0.6) is 0 Å². The number of hydrogen-bond donors (Lipinski definition) is 0. The second-order valence-corrected chi connectivity index (χ2v) is 4.98. The maximum absolute atomic E-state index is 4.63. The molecular weight excluding hydrogens is 224 g/mol. The smallest absolute Gasteiger partial charge is 0.161 e. The third-order valence-corrected chi connectivity index (χ3v) is 3.91. The van der Waals surface area contributed by atoms with Gasteiger partial charge in [-0.15, -0.1) is 0 Å². The van der Waals surface area contributed by atoms with Gasteiger partial charge in [0.05, 0.1) is 6.17 Å². The van der Waals surface area contributed by atoms with E-state index in [4.69, 9.17) is 0 Å². The van der Waals surface area contributed by atoms with Crippen molar-refractivity contribution in [2.75, 3.05) is 13.1 Å². The molecule has 2 aromatic rings. The fourth-order valence-electron chi connectivity index (χ4n) is 3.03. The molecule has 1 aliphatic heterocycles. The van der Waals surface area contributed by atoms with E-state index in [0.717, 1.165) is 23.5 Å². The van der Waals surface area contributed by atoms with Crippen LogP contribution in [-0.4, -0.2) is 32.5 Å². The van der Waals surface area contributed by atoms with Crippen molar-refractivity contribution in [1.82, 2.24) is 19.4 Å². The summed E-state index contributed by atoms with van der Waals surface area (Å²) in [6.07, 6.45) is 6.11. The second-order valence-electron chi connectivity index (χ2n) is 4.98. The predicted molar refractivity (Wildman–Crippen MR) is 72.4 cm³/mol. The molecule has 0 aliphatic carbocycles. The summed E-state index contributed by atoms with van der Waals surface area (Å²) in [6.45, 7) is 6.61. The molecule has 0 amide bonds. The van der Waals surface area contributed by atoms with Crippen LogP contribution in [-0.2, 0) is 0 Å². The van der Waals surface area contributed by atoms with E-state index in [1.54, 1.807) is 0 Å². The van der Waals surface area contributed by atoms with Crippen LogP contribution >= 0.6 is 0 Å². The van der Waals surface area contributed by atoms with Gasteiger partial charge >= 0.3 is 0 Å². The normalized spacial score (nSPS) is 21.6. The molecule has 96 valence electrons. The quantitative estimate of drug-likeness (QED) is 0.814. The summed E-state index contributed by atoms with van der Waals surface area (Å²) >= 11 is 0. The van der Waals surface area contributed by atoms with Gasteiger partial charge in [-0.25, -0.2) is 9.97 Å². The molecule has 1 aliphatic rings. The number of piperidine rings is 1. The fourth-order valence-corrected chi connectivity index (χ4v) is 3.03. The lowest BCUT2D eigenvalue weighted by atomic mass is 10.1. The summed E-state index contributed by atoms with van der Waals surface area (Å²) in [5.74, 6) is 1.08. The minimum absolute atomic E-state index is 0.434. The molecule has 0 spiro atoms. The van der Waals surface area contributed by atoms with Gasteiger partial charge in [-0.2, -0.15) is 0 Å². The van der Waals surface area contributed by atoms with Gasteiger partial charge in [-0.3, -0.25) is 9.47 Å². The predicted octanol–water partition coefficient (Wildman–Crippen LogP) is 2.74. The molecule has 1 saturated heterocycles. The van der Waals surface area contributed by atoms with Crippen molar-refractivity contribution in [3.63, 3.8) is 0 Å². The summed E-state index contributed by atoms with van der Waals surface area (Å²) in [5, 5.41) is 0. The van der Waals surface area contributed by atoms with Gasteiger partial charge in [0, 0.05) is 12.7 Å². The van der Waals surface area contributed by atoms with Crippen LogP contribution < -0.4 is 0 Å². The standard InChI is InChI=1S/C14H20N4/c1-3-17-10-5-4-8-13(17)18-11(2)16-12-7-6-9-15-14(12)18/h6-7,9,13H,3-5,8,10H2,1-2H3. The van der Waals surface area contributed by atoms with Crippen LogP contribution in [0.4, 0.5) is 0 Å². The van der Waals surface area contributed by atoms with Gasteiger partial charge in [-0.05, 0) is 44.9 Å². The summed E-state index contributed by atoms with van der Waals surface area (Å²) in [6, 6.07) is 4.00. The Kier molecular flexibility index (Phi) is 3.04. The fraction of sp³-hybridized carbons (Fsp3) is 0.571. The number of aromatic nitrogens is 3. The van der Waals surface area contributed by atoms with Gasteiger partial charge in [0.15, 0.2) is 5.65 Å². The second kappa shape index (κ2) is 4.69. The Morgan fingerprint density at radius 3 is 3.11 bits per heavy atom. The average molecular weight is 244 g/mol. The lowest BCUT2D eigenvalue weighted by molar-refractivity contribution is 0.103. The first-order chi connectivity index (χ1) is 8.81. The molecule has 18 heavy (non-hydrogen) atoms. The summed E-state index contributed by atoms with van der Waals surface area (Å²) < 4.78 is 2.32. The molecule has 4 heteroatoms. The lowest BCUT2D eigenvalue weighted by Crippen LogP contribution is -2.37. The van der Waals surface area contributed by atoms with E-state index < -0.39 is 0 Å². The number of likely N-dealkylation sites (tertiary alicyclic amines) is 1. The summed E-state index contributed by atoms with van der Waals surface area (Å²) in [4.78, 5) is 11.7. The largest absolute Gasteiger partial charge is 0.296 e. The molecule has 1 unspecified atom stereocenters. The van der Waals surface area contributed by atoms with Crippen molar-refractivity contribution >= 4 is 11.2 Å². The number of nitrogens with zero attached hydrogens (tertiary/aromatic N) is 4. The molecule has 0 N–H and O–H groups in total. The van der Waals surface area contributed by atoms with Crippen molar-refractivity contribution in [3.05, 3.63) is 24.2 Å². The Hall–Kier alpha value is -1.42. The molecule has 0 radical (unpaired) electrons. The van der Waals surface area contributed by atoms with Crippen molar-refractivity contribution < 1.29 is 0 Å². The third kappa shape index (κ3) is 1.81. The zero-order valence-corrected chi connectivity index (χ0v) is 11.1. The monoisotopic (exact) mass is 244 g/mol. The molecule has 0 saturated carbocycles. The van der Waals surface area contributed by atoms with Crippen molar-refractivity contribution in [2.24, 2.45) is 0 Å². The van der Waals surface area contributed by atoms with Crippen molar-refractivity contribution in [1.29, 1.82) is 0 Å². The van der Waals surface area contributed by atoms with Crippen LogP contribution in [0.2, 0.25) is 0 Å². The number of rotatable bonds is 2. The van der Waals surface area contributed by atoms with Crippen LogP contribution in [0.1, 0.15) is 38.2 Å². The Labute approximate surface area is 108 Å². The van der Waals surface area contributed by atoms with Crippen LogP contribution in [0.3, 0.4) is 0 Å². The molecule has 0 aromatic carbocycles. The highest BCUT2D eigenvalue weighted by molar-refractivity contribution is 5.71. The summed E-state index contributed by atoms with van der Waals surface area (Å²) in [5.41, 5.74) is 2.04. The number of aryl methyl sites for hydroxylation is 1. The number of fused-ring (bicyclic) bond motifs is 1. The van der Waals surface area contributed by atoms with E-state index in [-0.39, 0.29) is 0 Å². The van der Waals surface area contributed by atoms with E-state index in [2.05, 4.69) is 33.3 Å². The SMILES string of the molecule is CCN1CCCCC1n1c(C)nc2cccnc21. The Morgan fingerprint density at radius 1 is 1.39 bits per heavy atom. The Balaban J connectivity index is 2.09. The number of hydrogen-bond acceptors (Lipinski definition) is 3. The van der Waals surface area contributed by atoms with E-state index in [9.17, 15) is 0 Å². The Morgan fingerprint density at radius 2 is 2.28 bits per heavy atom. The maximum atomic E-state index is 4.63. The zero-order chi connectivity index (χ0) is 12.5. The van der Waals surface area contributed by atoms with E-state index in [1.165, 1.54) is 25.8 Å². The highest BCUT2D eigenvalue weighted by atomic mass is 15.3. The van der Waals surface area contributed by atoms with Crippen molar-refractivity contribution in [3.8, 4) is 0 Å². The first-order valence-corrected chi connectivity index (χ1v) is 6.85. The minimum atomic E-state index is 0.434. The van der Waals surface area contributed by atoms with Gasteiger partial charge in [-0.1, -0.05) is 6.92 Å². The van der Waals surface area contributed by atoms with Gasteiger partial charge < -0.3 is 0 Å². The van der Waals surface area contributed by atoms with Gasteiger partial charge in [0.25, 0.3) is 0 Å². The van der Waals surface area contributed by atoms with E-state index in [0.29, 0.717) is 6.17 Å². The minimum Gasteiger partial charge on any atom is -0.296 e. The molecule has 3 rings (SSSR count).